The fraction of sp³-hybridized carbons (Fsp3) is 0.125. The fourth-order valence-electron chi connectivity index (χ4n) is 2.03. The van der Waals surface area contributed by atoms with E-state index in [0.29, 0.717) is 5.75 Å². The third-order valence-corrected chi connectivity index (χ3v) is 4.68. The van der Waals surface area contributed by atoms with Crippen molar-refractivity contribution in [1.82, 2.24) is 9.97 Å². The first kappa shape index (κ1) is 15.4. The van der Waals surface area contributed by atoms with Crippen LogP contribution >= 0.6 is 34.4 Å². The Hall–Kier alpha value is -1.54. The smallest absolute Gasteiger partial charge is 0.234 e. The molecule has 2 aromatic carbocycles. The summed E-state index contributed by atoms with van der Waals surface area (Å²) < 4.78 is 1.14. The zero-order valence-electron chi connectivity index (χ0n) is 11.9. The molecule has 22 heavy (non-hydrogen) atoms. The zero-order chi connectivity index (χ0) is 15.5. The number of amides is 1. The predicted octanol–water partition coefficient (Wildman–Crippen LogP) is 4.21. The van der Waals surface area contributed by atoms with Crippen LogP contribution in [0.2, 0.25) is 0 Å². The first-order chi connectivity index (χ1) is 10.6. The Morgan fingerprint density at radius 3 is 2.82 bits per heavy atom. The fourth-order valence-corrected chi connectivity index (χ4v) is 3.08. The van der Waals surface area contributed by atoms with Gasteiger partial charge in [0, 0.05) is 9.26 Å². The maximum absolute atomic E-state index is 12.0. The molecule has 1 heterocycles. The van der Waals surface area contributed by atoms with Gasteiger partial charge in [0.05, 0.1) is 16.8 Å². The summed E-state index contributed by atoms with van der Waals surface area (Å²) in [6, 6.07) is 13.8. The van der Waals surface area contributed by atoms with Gasteiger partial charge in [-0.2, -0.15) is 0 Å². The van der Waals surface area contributed by atoms with Crippen molar-refractivity contribution in [2.45, 2.75) is 12.1 Å². The summed E-state index contributed by atoms with van der Waals surface area (Å²) in [5, 5.41) is 3.64. The van der Waals surface area contributed by atoms with Crippen LogP contribution in [0.5, 0.6) is 0 Å². The Balaban J connectivity index is 1.61. The number of aromatic amines is 1. The Morgan fingerprint density at radius 2 is 2.05 bits per heavy atom. The number of carbonyl (C=O) groups is 1. The van der Waals surface area contributed by atoms with Gasteiger partial charge in [-0.25, -0.2) is 4.98 Å². The molecular formula is C16H14IN3OS. The van der Waals surface area contributed by atoms with Crippen molar-refractivity contribution in [3.05, 3.63) is 51.6 Å². The molecule has 0 bridgehead atoms. The first-order valence-corrected chi connectivity index (χ1v) is 8.81. The summed E-state index contributed by atoms with van der Waals surface area (Å²) >= 11 is 3.64. The molecule has 0 spiro atoms. The lowest BCUT2D eigenvalue weighted by Gasteiger charge is -2.04. The lowest BCUT2D eigenvalue weighted by Crippen LogP contribution is -2.14. The number of rotatable bonds is 4. The molecule has 3 rings (SSSR count). The molecule has 6 heteroatoms. The van der Waals surface area contributed by atoms with E-state index >= 15 is 0 Å². The lowest BCUT2D eigenvalue weighted by molar-refractivity contribution is -0.113. The van der Waals surface area contributed by atoms with E-state index in [-0.39, 0.29) is 5.91 Å². The van der Waals surface area contributed by atoms with Crippen molar-refractivity contribution in [3.63, 3.8) is 0 Å². The largest absolute Gasteiger partial charge is 0.333 e. The average Bonchev–Trinajstić information content (AvgIpc) is 2.89. The number of H-pyrrole nitrogens is 1. The molecule has 4 nitrogen and oxygen atoms in total. The first-order valence-electron chi connectivity index (χ1n) is 6.75. The van der Waals surface area contributed by atoms with Crippen molar-refractivity contribution in [2.75, 3.05) is 11.1 Å². The van der Waals surface area contributed by atoms with E-state index in [4.69, 9.17) is 0 Å². The molecule has 0 atom stereocenters. The number of nitrogens with zero attached hydrogens (tertiary/aromatic N) is 1. The van der Waals surface area contributed by atoms with E-state index in [1.807, 2.05) is 43.3 Å². The van der Waals surface area contributed by atoms with Crippen LogP contribution in [0.3, 0.4) is 0 Å². The number of anilines is 1. The molecule has 1 aromatic heterocycles. The SMILES string of the molecule is Cc1ccc2nc(SCC(=O)Nc3ccc(I)cc3)[nH]c2c1. The van der Waals surface area contributed by atoms with Crippen LogP contribution in [0, 0.1) is 10.5 Å². The molecule has 0 unspecified atom stereocenters. The van der Waals surface area contributed by atoms with Gasteiger partial charge in [-0.05, 0) is 71.5 Å². The molecule has 2 N–H and O–H groups in total. The minimum atomic E-state index is -0.0390. The zero-order valence-corrected chi connectivity index (χ0v) is 14.9. The minimum Gasteiger partial charge on any atom is -0.333 e. The molecule has 3 aromatic rings. The summed E-state index contributed by atoms with van der Waals surface area (Å²) in [6.07, 6.45) is 0. The lowest BCUT2D eigenvalue weighted by atomic mass is 10.2. The Morgan fingerprint density at radius 1 is 1.27 bits per heavy atom. The van der Waals surface area contributed by atoms with Crippen LogP contribution < -0.4 is 5.32 Å². The molecular weight excluding hydrogens is 409 g/mol. The average molecular weight is 423 g/mol. The minimum absolute atomic E-state index is 0.0390. The van der Waals surface area contributed by atoms with Crippen molar-refractivity contribution in [3.8, 4) is 0 Å². The molecule has 112 valence electrons. The summed E-state index contributed by atoms with van der Waals surface area (Å²) in [5.74, 6) is 0.285. The summed E-state index contributed by atoms with van der Waals surface area (Å²) in [6.45, 7) is 2.04. The molecule has 1 amide bonds. The maximum Gasteiger partial charge on any atom is 0.234 e. The number of benzene rings is 2. The summed E-state index contributed by atoms with van der Waals surface area (Å²) in [4.78, 5) is 19.7. The van der Waals surface area contributed by atoms with Crippen LogP contribution in [0.25, 0.3) is 11.0 Å². The van der Waals surface area contributed by atoms with Crippen LogP contribution in [-0.4, -0.2) is 21.6 Å². The van der Waals surface area contributed by atoms with Gasteiger partial charge < -0.3 is 10.3 Å². The number of carbonyl (C=O) groups excluding carboxylic acids is 1. The summed E-state index contributed by atoms with van der Waals surface area (Å²) in [7, 11) is 0. The van der Waals surface area contributed by atoms with E-state index in [1.165, 1.54) is 17.3 Å². The maximum atomic E-state index is 12.0. The number of aryl methyl sites for hydroxylation is 1. The van der Waals surface area contributed by atoms with E-state index in [1.54, 1.807) is 0 Å². The number of hydrogen-bond donors (Lipinski definition) is 2. The molecule has 0 fully saturated rings. The third kappa shape index (κ3) is 3.80. The summed E-state index contributed by atoms with van der Waals surface area (Å²) in [5.41, 5.74) is 3.92. The van der Waals surface area contributed by atoms with Crippen molar-refractivity contribution >= 4 is 57.0 Å². The highest BCUT2D eigenvalue weighted by atomic mass is 127. The Labute approximate surface area is 146 Å². The number of hydrogen-bond acceptors (Lipinski definition) is 3. The highest BCUT2D eigenvalue weighted by Gasteiger charge is 2.07. The molecule has 0 radical (unpaired) electrons. The van der Waals surface area contributed by atoms with Gasteiger partial charge in [0.1, 0.15) is 0 Å². The topological polar surface area (TPSA) is 57.8 Å². The molecule has 0 aliphatic carbocycles. The molecule has 0 aliphatic heterocycles. The molecule has 0 saturated heterocycles. The van der Waals surface area contributed by atoms with E-state index in [9.17, 15) is 4.79 Å². The van der Waals surface area contributed by atoms with Gasteiger partial charge in [-0.15, -0.1) is 0 Å². The van der Waals surface area contributed by atoms with E-state index in [2.05, 4.69) is 43.9 Å². The van der Waals surface area contributed by atoms with E-state index in [0.717, 1.165) is 25.4 Å². The second kappa shape index (κ2) is 6.70. The highest BCUT2D eigenvalue weighted by Crippen LogP contribution is 2.20. The van der Waals surface area contributed by atoms with Gasteiger partial charge in [-0.3, -0.25) is 4.79 Å². The highest BCUT2D eigenvalue weighted by molar-refractivity contribution is 14.1. The van der Waals surface area contributed by atoms with Crippen molar-refractivity contribution < 1.29 is 4.79 Å². The monoisotopic (exact) mass is 423 g/mol. The van der Waals surface area contributed by atoms with Crippen molar-refractivity contribution in [2.24, 2.45) is 0 Å². The predicted molar refractivity (Wildman–Crippen MR) is 99.3 cm³/mol. The molecule has 0 saturated carbocycles. The van der Waals surface area contributed by atoms with Gasteiger partial charge in [0.2, 0.25) is 5.91 Å². The van der Waals surface area contributed by atoms with Gasteiger partial charge >= 0.3 is 0 Å². The number of thioether (sulfide) groups is 1. The van der Waals surface area contributed by atoms with Gasteiger partial charge in [0.15, 0.2) is 5.16 Å². The van der Waals surface area contributed by atoms with E-state index < -0.39 is 0 Å². The Kier molecular flexibility index (Phi) is 4.68. The quantitative estimate of drug-likeness (QED) is 0.489. The second-order valence-corrected chi connectivity index (χ2v) is 7.12. The number of imidazole rings is 1. The van der Waals surface area contributed by atoms with Crippen LogP contribution in [0.1, 0.15) is 5.56 Å². The Bertz CT molecular complexity index is 814. The van der Waals surface area contributed by atoms with Crippen LogP contribution in [0.15, 0.2) is 47.6 Å². The molecule has 0 aliphatic rings. The normalized spacial score (nSPS) is 10.8. The number of aromatic nitrogens is 2. The third-order valence-electron chi connectivity index (χ3n) is 3.08. The van der Waals surface area contributed by atoms with Crippen LogP contribution in [-0.2, 0) is 4.79 Å². The van der Waals surface area contributed by atoms with Crippen molar-refractivity contribution in [1.29, 1.82) is 0 Å². The standard InChI is InChI=1S/C16H14IN3OS/c1-10-2-7-13-14(8-10)20-16(19-13)22-9-15(21)18-12-5-3-11(17)4-6-12/h2-8H,9H2,1H3,(H,18,21)(H,19,20). The number of nitrogens with one attached hydrogen (secondary N) is 2. The second-order valence-electron chi connectivity index (χ2n) is 4.91. The number of halogens is 1. The van der Waals surface area contributed by atoms with Crippen LogP contribution in [0.4, 0.5) is 5.69 Å². The van der Waals surface area contributed by atoms with Gasteiger partial charge in [-0.1, -0.05) is 17.8 Å². The number of fused-ring (bicyclic) bond motifs is 1. The van der Waals surface area contributed by atoms with Gasteiger partial charge in [0.25, 0.3) is 0 Å².